The number of ether oxygens (including phenoxy) is 2. The molecule has 6 nitrogen and oxygen atoms in total. The summed E-state index contributed by atoms with van der Waals surface area (Å²) < 4.78 is 12.0. The number of rotatable bonds is 5. The van der Waals surface area contributed by atoms with Crippen LogP contribution in [-0.2, 0) is 19.1 Å². The van der Waals surface area contributed by atoms with Crippen LogP contribution in [0.4, 0.5) is 5.13 Å². The molecule has 1 aliphatic heterocycles. The summed E-state index contributed by atoms with van der Waals surface area (Å²) in [5, 5.41) is 3.44. The zero-order valence-corrected chi connectivity index (χ0v) is 15.7. The number of carbonyl (C=O) groups is 2. The van der Waals surface area contributed by atoms with Crippen LogP contribution in [0.15, 0.2) is 36.4 Å². The average Bonchev–Trinajstić information content (AvgIpc) is 3.35. The molecule has 1 aromatic carbocycles. The van der Waals surface area contributed by atoms with E-state index in [2.05, 4.69) is 10.3 Å². The quantitative estimate of drug-likeness (QED) is 0.628. The number of allylic oxidation sites excluding steroid dienone is 2. The van der Waals surface area contributed by atoms with Crippen LogP contribution in [-0.4, -0.2) is 36.2 Å². The maximum Gasteiger partial charge on any atom is 0.310 e. The summed E-state index contributed by atoms with van der Waals surface area (Å²) in [4.78, 5) is 29.8. The average molecular weight is 386 g/mol. The summed E-state index contributed by atoms with van der Waals surface area (Å²) in [5.41, 5.74) is 0.855. The van der Waals surface area contributed by atoms with Crippen LogP contribution < -0.4 is 5.32 Å². The first-order valence-corrected chi connectivity index (χ1v) is 10.1. The van der Waals surface area contributed by atoms with Crippen LogP contribution in [0.2, 0.25) is 0 Å². The zero-order chi connectivity index (χ0) is 18.6. The Morgan fingerprint density at radius 3 is 2.81 bits per heavy atom. The van der Waals surface area contributed by atoms with Crippen LogP contribution in [0.5, 0.6) is 0 Å². The van der Waals surface area contributed by atoms with Crippen LogP contribution in [0.1, 0.15) is 25.7 Å². The van der Waals surface area contributed by atoms with Crippen LogP contribution in [0.3, 0.4) is 0 Å². The zero-order valence-electron chi connectivity index (χ0n) is 14.9. The van der Waals surface area contributed by atoms with Crippen molar-refractivity contribution in [1.82, 2.24) is 4.98 Å². The van der Waals surface area contributed by atoms with E-state index >= 15 is 0 Å². The van der Waals surface area contributed by atoms with E-state index in [-0.39, 0.29) is 24.6 Å². The second kappa shape index (κ2) is 8.19. The van der Waals surface area contributed by atoms with Crippen LogP contribution in [0.25, 0.3) is 10.2 Å². The number of thiazole rings is 1. The van der Waals surface area contributed by atoms with Gasteiger partial charge in [-0.1, -0.05) is 35.6 Å². The van der Waals surface area contributed by atoms with E-state index in [1.165, 1.54) is 11.3 Å². The third-order valence-corrected chi connectivity index (χ3v) is 5.98. The van der Waals surface area contributed by atoms with Crippen molar-refractivity contribution in [2.24, 2.45) is 11.8 Å². The second-order valence-corrected chi connectivity index (χ2v) is 7.93. The number of nitrogens with one attached hydrogen (secondary N) is 1. The summed E-state index contributed by atoms with van der Waals surface area (Å²) >= 11 is 1.43. The number of aromatic nitrogens is 1. The number of nitrogens with zero attached hydrogens (tertiary/aromatic N) is 1. The molecule has 0 radical (unpaired) electrons. The molecule has 0 spiro atoms. The number of esters is 1. The largest absolute Gasteiger partial charge is 0.463 e. The Balaban J connectivity index is 1.40. The molecule has 4 rings (SSSR count). The Bertz CT molecular complexity index is 824. The highest BCUT2D eigenvalue weighted by molar-refractivity contribution is 7.22. The number of amides is 1. The number of fused-ring (bicyclic) bond motifs is 1. The van der Waals surface area contributed by atoms with Crippen molar-refractivity contribution in [3.8, 4) is 0 Å². The van der Waals surface area contributed by atoms with Gasteiger partial charge in [-0.05, 0) is 37.8 Å². The molecule has 0 unspecified atom stereocenters. The van der Waals surface area contributed by atoms with Crippen molar-refractivity contribution in [2.45, 2.75) is 31.8 Å². The lowest BCUT2D eigenvalue weighted by atomic mass is 9.82. The minimum atomic E-state index is -0.467. The molecule has 3 atom stereocenters. The van der Waals surface area contributed by atoms with E-state index in [9.17, 15) is 9.59 Å². The van der Waals surface area contributed by atoms with Gasteiger partial charge in [0.1, 0.15) is 6.61 Å². The lowest BCUT2D eigenvalue weighted by Crippen LogP contribution is -2.36. The van der Waals surface area contributed by atoms with Crippen molar-refractivity contribution in [3.05, 3.63) is 36.4 Å². The van der Waals surface area contributed by atoms with E-state index < -0.39 is 11.8 Å². The van der Waals surface area contributed by atoms with Gasteiger partial charge in [-0.3, -0.25) is 9.59 Å². The third kappa shape index (κ3) is 4.20. The predicted octanol–water partition coefficient (Wildman–Crippen LogP) is 3.54. The van der Waals surface area contributed by atoms with Gasteiger partial charge in [-0.2, -0.15) is 0 Å². The van der Waals surface area contributed by atoms with E-state index in [1.807, 2.05) is 36.4 Å². The number of hydrogen-bond acceptors (Lipinski definition) is 6. The summed E-state index contributed by atoms with van der Waals surface area (Å²) in [6.07, 6.45) is 6.84. The fourth-order valence-electron chi connectivity index (χ4n) is 3.55. The van der Waals surface area contributed by atoms with Gasteiger partial charge < -0.3 is 14.8 Å². The first-order valence-electron chi connectivity index (χ1n) is 9.30. The molecular formula is C20H22N2O4S. The van der Waals surface area contributed by atoms with E-state index in [1.54, 1.807) is 0 Å². The first kappa shape index (κ1) is 18.1. The van der Waals surface area contributed by atoms with Gasteiger partial charge >= 0.3 is 5.97 Å². The molecule has 1 aliphatic carbocycles. The van der Waals surface area contributed by atoms with Gasteiger partial charge in [0.25, 0.3) is 0 Å². The number of hydrogen-bond donors (Lipinski definition) is 1. The van der Waals surface area contributed by atoms with Crippen molar-refractivity contribution >= 4 is 38.6 Å². The maximum absolute atomic E-state index is 12.8. The Morgan fingerprint density at radius 2 is 2.04 bits per heavy atom. The Hall–Kier alpha value is -2.25. The van der Waals surface area contributed by atoms with Gasteiger partial charge in [0, 0.05) is 6.61 Å². The fraction of sp³-hybridized carbons (Fsp3) is 0.450. The molecule has 1 amide bonds. The summed E-state index contributed by atoms with van der Waals surface area (Å²) in [6, 6.07) is 7.74. The van der Waals surface area contributed by atoms with Crippen molar-refractivity contribution < 1.29 is 19.1 Å². The van der Waals surface area contributed by atoms with Gasteiger partial charge in [0.2, 0.25) is 5.91 Å². The number of anilines is 1. The second-order valence-electron chi connectivity index (χ2n) is 6.90. The molecule has 2 heterocycles. The lowest BCUT2D eigenvalue weighted by molar-refractivity contribution is -0.155. The Morgan fingerprint density at radius 1 is 1.22 bits per heavy atom. The fourth-order valence-corrected chi connectivity index (χ4v) is 4.41. The minimum absolute atomic E-state index is 0.0110. The molecule has 2 aliphatic rings. The van der Waals surface area contributed by atoms with E-state index in [0.29, 0.717) is 18.0 Å². The van der Waals surface area contributed by atoms with E-state index in [4.69, 9.17) is 9.47 Å². The highest BCUT2D eigenvalue weighted by Crippen LogP contribution is 2.30. The molecule has 7 heteroatoms. The normalized spacial score (nSPS) is 24.8. The smallest absolute Gasteiger partial charge is 0.310 e. The third-order valence-electron chi connectivity index (χ3n) is 5.03. The molecule has 1 fully saturated rings. The van der Waals surface area contributed by atoms with Gasteiger partial charge in [-0.25, -0.2) is 4.98 Å². The summed E-state index contributed by atoms with van der Waals surface area (Å²) in [5.74, 6) is -1.42. The first-order chi connectivity index (χ1) is 13.2. The highest BCUT2D eigenvalue weighted by atomic mass is 32.1. The monoisotopic (exact) mass is 386 g/mol. The topological polar surface area (TPSA) is 77.5 Å². The number of para-hydroxylation sites is 1. The van der Waals surface area contributed by atoms with Crippen molar-refractivity contribution in [2.75, 3.05) is 18.5 Å². The van der Waals surface area contributed by atoms with E-state index in [0.717, 1.165) is 29.7 Å². The van der Waals surface area contributed by atoms with Crippen molar-refractivity contribution in [3.63, 3.8) is 0 Å². The van der Waals surface area contributed by atoms with Crippen LogP contribution in [0, 0.1) is 11.8 Å². The van der Waals surface area contributed by atoms with Crippen LogP contribution >= 0.6 is 11.3 Å². The van der Waals surface area contributed by atoms with Gasteiger partial charge in [0.05, 0.1) is 28.2 Å². The lowest BCUT2D eigenvalue weighted by Gasteiger charge is -2.26. The molecule has 2 aromatic rings. The highest BCUT2D eigenvalue weighted by Gasteiger charge is 2.36. The Kier molecular flexibility index (Phi) is 5.50. The standard InChI is InChI=1S/C20H22N2O4S/c23-18(22-20-21-16-9-3-4-10-17(16)27-20)14-7-1-2-8-15(14)19(24)26-12-13-6-5-11-25-13/h1-4,9-10,13-15H,5-8,11-12H2,(H,21,22,23)/t13-,14+,15-/m0/s1. The predicted molar refractivity (Wildman–Crippen MR) is 104 cm³/mol. The minimum Gasteiger partial charge on any atom is -0.463 e. The molecule has 0 saturated carbocycles. The molecule has 27 heavy (non-hydrogen) atoms. The maximum atomic E-state index is 12.8. The number of carbonyl (C=O) groups excluding carboxylic acids is 2. The molecule has 142 valence electrons. The summed E-state index contributed by atoms with van der Waals surface area (Å²) in [6.45, 7) is 0.993. The molecule has 1 N–H and O–H groups in total. The summed E-state index contributed by atoms with van der Waals surface area (Å²) in [7, 11) is 0. The molecular weight excluding hydrogens is 364 g/mol. The molecule has 0 bridgehead atoms. The Labute approximate surface area is 161 Å². The molecule has 1 saturated heterocycles. The van der Waals surface area contributed by atoms with Crippen molar-refractivity contribution in [1.29, 1.82) is 0 Å². The number of benzene rings is 1. The SMILES string of the molecule is O=C(OC[C@@H]1CCCO1)[C@H]1CC=CC[C@H]1C(=O)Nc1nc2ccccc2s1. The van der Waals surface area contributed by atoms with Gasteiger partial charge in [-0.15, -0.1) is 0 Å². The van der Waals surface area contributed by atoms with Gasteiger partial charge in [0.15, 0.2) is 5.13 Å². The molecule has 1 aromatic heterocycles.